The van der Waals surface area contributed by atoms with Gasteiger partial charge in [0.05, 0.1) is 4.47 Å². The molecule has 0 N–H and O–H groups in total. The van der Waals surface area contributed by atoms with Crippen LogP contribution in [0.1, 0.15) is 0 Å². The van der Waals surface area contributed by atoms with Gasteiger partial charge in [0.1, 0.15) is 5.82 Å². The van der Waals surface area contributed by atoms with Gasteiger partial charge in [0, 0.05) is 23.3 Å². The Hall–Kier alpha value is -0.990. The van der Waals surface area contributed by atoms with E-state index in [2.05, 4.69) is 26.1 Å². The monoisotopic (exact) mass is 353 g/mol. The number of aromatic nitrogens is 3. The van der Waals surface area contributed by atoms with E-state index in [0.29, 0.717) is 10.0 Å². The minimum Gasteiger partial charge on any atom is -0.300 e. The molecule has 0 bridgehead atoms. The Kier molecular flexibility index (Phi) is 3.43. The highest BCUT2D eigenvalue weighted by Gasteiger charge is 2.21. The van der Waals surface area contributed by atoms with Crippen molar-refractivity contribution in [2.45, 2.75) is 5.16 Å². The predicted molar refractivity (Wildman–Crippen MR) is 67.1 cm³/mol. The molecule has 0 fully saturated rings. The number of rotatable bonds is 2. The zero-order chi connectivity index (χ0) is 13.5. The second kappa shape index (κ2) is 4.60. The summed E-state index contributed by atoms with van der Waals surface area (Å²) in [4.78, 5) is 0. The Morgan fingerprint density at radius 2 is 2.06 bits per heavy atom. The minimum atomic E-state index is -3.98. The number of halogens is 3. The van der Waals surface area contributed by atoms with E-state index in [1.807, 2.05) is 0 Å². The van der Waals surface area contributed by atoms with Crippen molar-refractivity contribution in [3.05, 3.63) is 28.5 Å². The fourth-order valence-electron chi connectivity index (χ4n) is 1.41. The predicted octanol–water partition coefficient (Wildman–Crippen LogP) is 2.31. The third-order valence-electron chi connectivity index (χ3n) is 2.23. The third-order valence-corrected chi connectivity index (χ3v) is 4.08. The van der Waals surface area contributed by atoms with E-state index >= 15 is 0 Å². The summed E-state index contributed by atoms with van der Waals surface area (Å²) in [6, 6.07) is 4.30. The zero-order valence-electron chi connectivity index (χ0n) is 8.93. The van der Waals surface area contributed by atoms with E-state index < -0.39 is 14.9 Å². The van der Waals surface area contributed by atoms with Gasteiger partial charge in [-0.15, -0.1) is 10.2 Å². The molecule has 96 valence electrons. The molecule has 0 amide bonds. The van der Waals surface area contributed by atoms with E-state index in [9.17, 15) is 12.8 Å². The Labute approximate surface area is 115 Å². The van der Waals surface area contributed by atoms with Crippen LogP contribution in [0.25, 0.3) is 11.4 Å². The first-order chi connectivity index (χ1) is 8.30. The summed E-state index contributed by atoms with van der Waals surface area (Å²) in [6.07, 6.45) is 0. The summed E-state index contributed by atoms with van der Waals surface area (Å²) in [6.45, 7) is 0. The van der Waals surface area contributed by atoms with Crippen LogP contribution in [0.3, 0.4) is 0 Å². The molecule has 1 aromatic heterocycles. The summed E-state index contributed by atoms with van der Waals surface area (Å²) in [5.74, 6) is -0.272. The molecule has 5 nitrogen and oxygen atoms in total. The molecular weight excluding hydrogens is 349 g/mol. The van der Waals surface area contributed by atoms with Crippen molar-refractivity contribution >= 4 is 35.7 Å². The molecule has 0 spiro atoms. The van der Waals surface area contributed by atoms with Gasteiger partial charge in [0.25, 0.3) is 14.2 Å². The first-order valence-corrected chi connectivity index (χ1v) is 7.70. The van der Waals surface area contributed by atoms with E-state index in [-0.39, 0.29) is 11.0 Å². The lowest BCUT2D eigenvalue weighted by atomic mass is 10.2. The van der Waals surface area contributed by atoms with Crippen molar-refractivity contribution in [3.63, 3.8) is 0 Å². The van der Waals surface area contributed by atoms with Crippen molar-refractivity contribution in [2.24, 2.45) is 7.05 Å². The van der Waals surface area contributed by atoms with Crippen LogP contribution >= 0.6 is 26.6 Å². The molecule has 0 saturated carbocycles. The quantitative estimate of drug-likeness (QED) is 0.776. The van der Waals surface area contributed by atoms with Gasteiger partial charge in [-0.2, -0.15) is 0 Å². The van der Waals surface area contributed by atoms with Crippen LogP contribution in [0.2, 0.25) is 0 Å². The largest absolute Gasteiger partial charge is 0.300 e. The van der Waals surface area contributed by atoms with Crippen LogP contribution in [0, 0.1) is 5.82 Å². The van der Waals surface area contributed by atoms with Crippen LogP contribution in [0.15, 0.2) is 27.8 Å². The van der Waals surface area contributed by atoms with Crippen molar-refractivity contribution in [3.8, 4) is 11.4 Å². The molecule has 2 aromatic rings. The molecule has 0 saturated heterocycles. The molecule has 0 unspecified atom stereocenters. The van der Waals surface area contributed by atoms with Gasteiger partial charge in [-0.25, -0.2) is 12.8 Å². The molecule has 0 atom stereocenters. The van der Waals surface area contributed by atoms with Crippen LogP contribution in [-0.2, 0) is 16.1 Å². The highest BCUT2D eigenvalue weighted by Crippen LogP contribution is 2.24. The Morgan fingerprint density at radius 1 is 1.39 bits per heavy atom. The number of hydrogen-bond acceptors (Lipinski definition) is 4. The van der Waals surface area contributed by atoms with Crippen molar-refractivity contribution < 1.29 is 12.8 Å². The van der Waals surface area contributed by atoms with Crippen LogP contribution in [0.5, 0.6) is 0 Å². The second-order valence-electron chi connectivity index (χ2n) is 3.43. The highest BCUT2D eigenvalue weighted by molar-refractivity contribution is 9.10. The lowest BCUT2D eigenvalue weighted by Crippen LogP contribution is -2.02. The normalized spacial score (nSPS) is 11.8. The first kappa shape index (κ1) is 13.4. The summed E-state index contributed by atoms with van der Waals surface area (Å²) < 4.78 is 37.2. The molecule has 2 rings (SSSR count). The average Bonchev–Trinajstić information content (AvgIpc) is 2.64. The number of nitrogens with zero attached hydrogens (tertiary/aromatic N) is 3. The lowest BCUT2D eigenvalue weighted by molar-refractivity contribution is 0.593. The maximum atomic E-state index is 13.4. The molecule has 18 heavy (non-hydrogen) atoms. The van der Waals surface area contributed by atoms with Gasteiger partial charge in [-0.3, -0.25) is 4.57 Å². The standard InChI is InChI=1S/C9H6BrClFN3O2S/c1-15-8(13-14-9(15)18(11,16)17)5-2-3-6(10)7(12)4-5/h2-4H,1H3. The Morgan fingerprint density at radius 3 is 2.56 bits per heavy atom. The summed E-state index contributed by atoms with van der Waals surface area (Å²) in [7, 11) is 2.64. The third kappa shape index (κ3) is 2.40. The molecule has 1 heterocycles. The maximum Gasteiger partial charge on any atom is 0.296 e. The summed E-state index contributed by atoms with van der Waals surface area (Å²) in [5.41, 5.74) is 0.400. The van der Waals surface area contributed by atoms with Crippen molar-refractivity contribution in [1.82, 2.24) is 14.8 Å². The summed E-state index contributed by atoms with van der Waals surface area (Å²) in [5, 5.41) is 6.78. The molecule has 0 aliphatic carbocycles. The Bertz CT molecular complexity index is 717. The fraction of sp³-hybridized carbons (Fsp3) is 0.111. The molecular formula is C9H6BrClFN3O2S. The molecule has 9 heteroatoms. The summed E-state index contributed by atoms with van der Waals surface area (Å²) >= 11 is 3.02. The fourth-order valence-corrected chi connectivity index (χ4v) is 2.62. The lowest BCUT2D eigenvalue weighted by Gasteiger charge is -2.03. The van der Waals surface area contributed by atoms with E-state index in [4.69, 9.17) is 10.7 Å². The molecule has 0 radical (unpaired) electrons. The highest BCUT2D eigenvalue weighted by atomic mass is 79.9. The topological polar surface area (TPSA) is 64.8 Å². The maximum absolute atomic E-state index is 13.4. The first-order valence-electron chi connectivity index (χ1n) is 4.60. The van der Waals surface area contributed by atoms with Crippen LogP contribution in [-0.4, -0.2) is 23.2 Å². The number of benzene rings is 1. The van der Waals surface area contributed by atoms with Crippen LogP contribution < -0.4 is 0 Å². The van der Waals surface area contributed by atoms with Gasteiger partial charge in [0.2, 0.25) is 0 Å². The minimum absolute atomic E-state index is 0.209. The molecule has 0 aliphatic heterocycles. The number of hydrogen-bond donors (Lipinski definition) is 0. The van der Waals surface area contributed by atoms with E-state index in [0.717, 1.165) is 0 Å². The zero-order valence-corrected chi connectivity index (χ0v) is 12.1. The van der Waals surface area contributed by atoms with Gasteiger partial charge in [-0.1, -0.05) is 0 Å². The van der Waals surface area contributed by atoms with Gasteiger partial charge in [-0.05, 0) is 34.1 Å². The van der Waals surface area contributed by atoms with E-state index in [1.54, 1.807) is 6.07 Å². The van der Waals surface area contributed by atoms with Crippen LogP contribution in [0.4, 0.5) is 4.39 Å². The van der Waals surface area contributed by atoms with Gasteiger partial charge >= 0.3 is 0 Å². The smallest absolute Gasteiger partial charge is 0.296 e. The Balaban J connectivity index is 2.59. The molecule has 0 aliphatic rings. The van der Waals surface area contributed by atoms with Gasteiger partial charge < -0.3 is 0 Å². The second-order valence-corrected chi connectivity index (χ2v) is 6.75. The molecule has 1 aromatic carbocycles. The SMILES string of the molecule is Cn1c(-c2ccc(Br)c(F)c2)nnc1S(=O)(=O)Cl. The van der Waals surface area contributed by atoms with Gasteiger partial charge in [0.15, 0.2) is 5.82 Å². The van der Waals surface area contributed by atoms with Crippen molar-refractivity contribution in [2.75, 3.05) is 0 Å². The average molecular weight is 355 g/mol. The van der Waals surface area contributed by atoms with E-state index in [1.165, 1.54) is 23.7 Å². The van der Waals surface area contributed by atoms with Crippen molar-refractivity contribution in [1.29, 1.82) is 0 Å².